The number of aromatic nitrogens is 1. The zero-order valence-electron chi connectivity index (χ0n) is 11.9. The summed E-state index contributed by atoms with van der Waals surface area (Å²) >= 11 is 1.01. The van der Waals surface area contributed by atoms with Gasteiger partial charge in [0.25, 0.3) is 0 Å². The maximum absolute atomic E-state index is 12.0. The first-order valence-electron chi connectivity index (χ1n) is 6.12. The molecule has 0 aliphatic carbocycles. The quantitative estimate of drug-likeness (QED) is 0.914. The third-order valence-corrected chi connectivity index (χ3v) is 3.91. The summed E-state index contributed by atoms with van der Waals surface area (Å²) in [5.74, 6) is 0.0829. The third-order valence-electron chi connectivity index (χ3n) is 3.02. The minimum Gasteiger partial charge on any atom is -0.497 e. The molecule has 0 unspecified atom stereocenters. The number of carboxylic acid groups (broad SMARTS) is 1. The fourth-order valence-corrected chi connectivity index (χ4v) is 2.97. The molecule has 1 aromatic carbocycles. The second-order valence-electron chi connectivity index (χ2n) is 4.32. The van der Waals surface area contributed by atoms with Crippen LogP contribution in [0.4, 0.5) is 0 Å². The van der Waals surface area contributed by atoms with Crippen LogP contribution in [0.25, 0.3) is 11.3 Å². The molecule has 0 saturated heterocycles. The number of aryl methyl sites for hydroxylation is 1. The van der Waals surface area contributed by atoms with Crippen molar-refractivity contribution in [3.63, 3.8) is 0 Å². The molecule has 0 radical (unpaired) electrons. The van der Waals surface area contributed by atoms with Gasteiger partial charge in [0.2, 0.25) is 0 Å². The number of thiazole rings is 1. The monoisotopic (exact) mass is 309 g/mol. The van der Waals surface area contributed by atoms with Crippen molar-refractivity contribution in [2.24, 2.45) is 0 Å². The number of nitrogens with zero attached hydrogens (tertiary/aromatic N) is 1. The predicted octanol–water partition coefficient (Wildman–Crippen LogP) is 1.99. The van der Waals surface area contributed by atoms with E-state index in [2.05, 4.69) is 0 Å². The number of hydrogen-bond acceptors (Lipinski definition) is 5. The van der Waals surface area contributed by atoms with E-state index >= 15 is 0 Å². The summed E-state index contributed by atoms with van der Waals surface area (Å²) in [5.41, 5.74) is 1.18. The van der Waals surface area contributed by atoms with Crippen LogP contribution in [0.2, 0.25) is 0 Å². The molecule has 1 N–H and O–H groups in total. The Morgan fingerprint density at radius 1 is 1.33 bits per heavy atom. The van der Waals surface area contributed by atoms with Gasteiger partial charge in [-0.1, -0.05) is 11.3 Å². The van der Waals surface area contributed by atoms with Crippen molar-refractivity contribution >= 4 is 17.3 Å². The lowest BCUT2D eigenvalue weighted by Gasteiger charge is -2.13. The zero-order valence-corrected chi connectivity index (χ0v) is 12.7. The molecule has 0 saturated carbocycles. The van der Waals surface area contributed by atoms with Crippen LogP contribution in [0.1, 0.15) is 4.88 Å². The number of rotatable bonds is 5. The molecular formula is C14H15NO5S. The molecule has 0 amide bonds. The number of aliphatic carboxylic acids is 1. The van der Waals surface area contributed by atoms with Crippen LogP contribution >= 0.6 is 11.3 Å². The van der Waals surface area contributed by atoms with E-state index in [1.807, 2.05) is 0 Å². The van der Waals surface area contributed by atoms with Crippen molar-refractivity contribution in [2.75, 3.05) is 14.2 Å². The summed E-state index contributed by atoms with van der Waals surface area (Å²) in [6, 6.07) is 5.19. The van der Waals surface area contributed by atoms with Gasteiger partial charge in [-0.05, 0) is 25.1 Å². The summed E-state index contributed by atoms with van der Waals surface area (Å²) in [4.78, 5) is 23.4. The van der Waals surface area contributed by atoms with Gasteiger partial charge in [0, 0.05) is 10.4 Å². The van der Waals surface area contributed by atoms with Gasteiger partial charge < -0.3 is 14.6 Å². The lowest BCUT2D eigenvalue weighted by atomic mass is 10.1. The Balaban J connectivity index is 2.71. The Bertz CT molecular complexity index is 731. The van der Waals surface area contributed by atoms with Crippen LogP contribution in [0.3, 0.4) is 0 Å². The average Bonchev–Trinajstić information content (AvgIpc) is 2.72. The molecule has 6 nitrogen and oxygen atoms in total. The predicted molar refractivity (Wildman–Crippen MR) is 79.5 cm³/mol. The lowest BCUT2D eigenvalue weighted by molar-refractivity contribution is -0.137. The molecule has 0 aliphatic heterocycles. The molecule has 0 fully saturated rings. The Morgan fingerprint density at radius 3 is 2.62 bits per heavy atom. The normalized spacial score (nSPS) is 10.4. The molecule has 1 heterocycles. The zero-order chi connectivity index (χ0) is 15.6. The van der Waals surface area contributed by atoms with Gasteiger partial charge in [-0.3, -0.25) is 14.2 Å². The van der Waals surface area contributed by atoms with Crippen LogP contribution in [0.15, 0.2) is 23.0 Å². The number of ether oxygens (including phenoxy) is 2. The van der Waals surface area contributed by atoms with E-state index in [-0.39, 0.29) is 4.87 Å². The largest absolute Gasteiger partial charge is 0.497 e. The third kappa shape index (κ3) is 2.92. The first kappa shape index (κ1) is 15.1. The smallest absolute Gasteiger partial charge is 0.323 e. The Labute approximate surface area is 125 Å². The molecule has 0 spiro atoms. The Morgan fingerprint density at radius 2 is 2.05 bits per heavy atom. The molecule has 2 aromatic rings. The highest BCUT2D eigenvalue weighted by Crippen LogP contribution is 2.35. The first-order chi connectivity index (χ1) is 9.97. The molecule has 112 valence electrons. The second kappa shape index (κ2) is 6.01. The van der Waals surface area contributed by atoms with Crippen LogP contribution in [-0.4, -0.2) is 29.9 Å². The van der Waals surface area contributed by atoms with E-state index < -0.39 is 12.5 Å². The van der Waals surface area contributed by atoms with Crippen molar-refractivity contribution in [2.45, 2.75) is 13.5 Å². The van der Waals surface area contributed by atoms with E-state index in [0.717, 1.165) is 16.2 Å². The number of carboxylic acids is 1. The number of methoxy groups -OCH3 is 2. The van der Waals surface area contributed by atoms with E-state index in [1.165, 1.54) is 18.8 Å². The summed E-state index contributed by atoms with van der Waals surface area (Å²) < 4.78 is 11.7. The molecule has 1 aromatic heterocycles. The Kier molecular flexibility index (Phi) is 4.32. The van der Waals surface area contributed by atoms with E-state index in [1.54, 1.807) is 25.1 Å². The lowest BCUT2D eigenvalue weighted by Crippen LogP contribution is -2.20. The maximum Gasteiger partial charge on any atom is 0.323 e. The summed E-state index contributed by atoms with van der Waals surface area (Å²) in [5, 5.41) is 8.99. The highest BCUT2D eigenvalue weighted by atomic mass is 32.1. The van der Waals surface area contributed by atoms with Crippen molar-refractivity contribution in [1.29, 1.82) is 0 Å². The SMILES string of the molecule is COc1ccc(OC)c(-c2c(C)sc(=O)n2CC(=O)O)c1. The summed E-state index contributed by atoms with van der Waals surface area (Å²) in [6.07, 6.45) is 0. The number of carbonyl (C=O) groups is 1. The number of benzene rings is 1. The minimum absolute atomic E-state index is 0.310. The standard InChI is InChI=1S/C14H15NO5S/c1-8-13(15(7-12(16)17)14(18)21-8)10-6-9(19-2)4-5-11(10)20-3/h4-6H,7H2,1-3H3,(H,16,17). The molecular weight excluding hydrogens is 294 g/mol. The van der Waals surface area contributed by atoms with Gasteiger partial charge >= 0.3 is 10.8 Å². The molecule has 21 heavy (non-hydrogen) atoms. The van der Waals surface area contributed by atoms with Gasteiger partial charge in [-0.25, -0.2) is 0 Å². The van der Waals surface area contributed by atoms with E-state index in [0.29, 0.717) is 22.8 Å². The van der Waals surface area contributed by atoms with Crippen molar-refractivity contribution in [3.05, 3.63) is 32.7 Å². The number of hydrogen-bond donors (Lipinski definition) is 1. The fraction of sp³-hybridized carbons (Fsp3) is 0.286. The van der Waals surface area contributed by atoms with Crippen LogP contribution in [-0.2, 0) is 11.3 Å². The minimum atomic E-state index is -1.07. The summed E-state index contributed by atoms with van der Waals surface area (Å²) in [7, 11) is 3.06. The van der Waals surface area contributed by atoms with Crippen LogP contribution in [0.5, 0.6) is 11.5 Å². The molecule has 0 atom stereocenters. The Hall–Kier alpha value is -2.28. The maximum atomic E-state index is 12.0. The molecule has 7 heteroatoms. The molecule has 0 aliphatic rings. The van der Waals surface area contributed by atoms with Crippen LogP contribution in [0, 0.1) is 6.92 Å². The van der Waals surface area contributed by atoms with Crippen molar-refractivity contribution in [1.82, 2.24) is 4.57 Å². The highest BCUT2D eigenvalue weighted by Gasteiger charge is 2.19. The van der Waals surface area contributed by atoms with Crippen LogP contribution < -0.4 is 14.3 Å². The average molecular weight is 309 g/mol. The van der Waals surface area contributed by atoms with Gasteiger partial charge in [-0.15, -0.1) is 0 Å². The molecule has 0 bridgehead atoms. The van der Waals surface area contributed by atoms with Gasteiger partial charge in [-0.2, -0.15) is 0 Å². The van der Waals surface area contributed by atoms with E-state index in [4.69, 9.17) is 14.6 Å². The van der Waals surface area contributed by atoms with Gasteiger partial charge in [0.15, 0.2) is 0 Å². The summed E-state index contributed by atoms with van der Waals surface area (Å²) in [6.45, 7) is 1.39. The van der Waals surface area contributed by atoms with Gasteiger partial charge in [0.1, 0.15) is 18.0 Å². The van der Waals surface area contributed by atoms with Crippen molar-refractivity contribution in [3.8, 4) is 22.8 Å². The fourth-order valence-electron chi connectivity index (χ4n) is 2.13. The van der Waals surface area contributed by atoms with E-state index in [9.17, 15) is 9.59 Å². The molecule has 2 rings (SSSR count). The topological polar surface area (TPSA) is 77.8 Å². The first-order valence-corrected chi connectivity index (χ1v) is 6.94. The second-order valence-corrected chi connectivity index (χ2v) is 5.48. The highest BCUT2D eigenvalue weighted by molar-refractivity contribution is 7.09. The van der Waals surface area contributed by atoms with Crippen molar-refractivity contribution < 1.29 is 19.4 Å². The van der Waals surface area contributed by atoms with Gasteiger partial charge in [0.05, 0.1) is 19.9 Å².